The Morgan fingerprint density at radius 3 is 2.33 bits per heavy atom. The first kappa shape index (κ1) is 21.5. The lowest BCUT2D eigenvalue weighted by Gasteiger charge is -2.22. The molecule has 1 N–H and O–H groups in total. The van der Waals surface area contributed by atoms with Gasteiger partial charge in [0.15, 0.2) is 0 Å². The van der Waals surface area contributed by atoms with E-state index in [9.17, 15) is 9.59 Å². The maximum absolute atomic E-state index is 12.8. The molecule has 1 heterocycles. The van der Waals surface area contributed by atoms with Crippen LogP contribution in [0.2, 0.25) is 0 Å². The van der Waals surface area contributed by atoms with Crippen LogP contribution < -0.4 is 10.9 Å². The lowest BCUT2D eigenvalue weighted by molar-refractivity contribution is 0.0948. The quantitative estimate of drug-likeness (QED) is 0.624. The summed E-state index contributed by atoms with van der Waals surface area (Å²) < 4.78 is 1.57. The maximum atomic E-state index is 12.8. The third kappa shape index (κ3) is 5.45. The third-order valence-corrected chi connectivity index (χ3v) is 5.32. The zero-order valence-corrected chi connectivity index (χ0v) is 17.8. The minimum atomic E-state index is -0.352. The Morgan fingerprint density at radius 1 is 0.967 bits per heavy atom. The number of pyridine rings is 1. The third-order valence-electron chi connectivity index (χ3n) is 5.32. The van der Waals surface area contributed by atoms with E-state index in [1.165, 1.54) is 5.56 Å². The van der Waals surface area contributed by atoms with Crippen molar-refractivity contribution in [3.63, 3.8) is 0 Å². The van der Waals surface area contributed by atoms with Crippen molar-refractivity contribution in [1.29, 1.82) is 0 Å². The predicted molar refractivity (Wildman–Crippen MR) is 120 cm³/mol. The molecule has 1 amide bonds. The summed E-state index contributed by atoms with van der Waals surface area (Å²) in [6.45, 7) is 5.93. The fourth-order valence-electron chi connectivity index (χ4n) is 3.22. The summed E-state index contributed by atoms with van der Waals surface area (Å²) in [5, 5.41) is 2.92. The number of benzene rings is 2. The van der Waals surface area contributed by atoms with Gasteiger partial charge >= 0.3 is 0 Å². The number of hydrogen-bond donors (Lipinski definition) is 1. The Hall–Kier alpha value is -3.18. The van der Waals surface area contributed by atoms with E-state index in [4.69, 9.17) is 0 Å². The van der Waals surface area contributed by atoms with Crippen LogP contribution in [-0.4, -0.2) is 28.5 Å². The zero-order valence-electron chi connectivity index (χ0n) is 17.8. The van der Waals surface area contributed by atoms with Gasteiger partial charge in [0.25, 0.3) is 11.5 Å². The molecular formula is C25H29N3O2. The number of nitrogens with one attached hydrogen (secondary N) is 1. The van der Waals surface area contributed by atoms with Crippen LogP contribution >= 0.6 is 0 Å². The van der Waals surface area contributed by atoms with Gasteiger partial charge in [0.05, 0.1) is 6.54 Å². The molecule has 30 heavy (non-hydrogen) atoms. The molecule has 156 valence electrons. The smallest absolute Gasteiger partial charge is 0.263 e. The summed E-state index contributed by atoms with van der Waals surface area (Å²) in [5.41, 5.74) is 3.11. The molecule has 0 spiro atoms. The van der Waals surface area contributed by atoms with Crippen LogP contribution in [0.1, 0.15) is 40.9 Å². The average Bonchev–Trinajstić information content (AvgIpc) is 2.75. The van der Waals surface area contributed by atoms with Gasteiger partial charge in [-0.2, -0.15) is 0 Å². The highest BCUT2D eigenvalue weighted by Crippen LogP contribution is 2.12. The van der Waals surface area contributed by atoms with Crippen molar-refractivity contribution in [1.82, 2.24) is 14.8 Å². The van der Waals surface area contributed by atoms with Gasteiger partial charge in [0.2, 0.25) is 0 Å². The predicted octanol–water partition coefficient (Wildman–Crippen LogP) is 3.67. The number of hydrogen-bond acceptors (Lipinski definition) is 3. The highest BCUT2D eigenvalue weighted by Gasteiger charge is 2.14. The molecule has 2 aromatic carbocycles. The minimum Gasteiger partial charge on any atom is -0.348 e. The number of carbonyl (C=O) groups excluding carboxylic acids is 1. The first-order valence-electron chi connectivity index (χ1n) is 10.2. The van der Waals surface area contributed by atoms with Crippen LogP contribution in [0.4, 0.5) is 0 Å². The van der Waals surface area contributed by atoms with Crippen molar-refractivity contribution >= 4 is 5.91 Å². The average molecular weight is 404 g/mol. The molecule has 0 aliphatic rings. The summed E-state index contributed by atoms with van der Waals surface area (Å²) in [6.07, 6.45) is 1.71. The fourth-order valence-corrected chi connectivity index (χ4v) is 3.22. The van der Waals surface area contributed by atoms with Crippen LogP contribution in [0.15, 0.2) is 77.7 Å². The van der Waals surface area contributed by atoms with Crippen molar-refractivity contribution in [2.24, 2.45) is 0 Å². The number of nitrogens with zero attached hydrogens (tertiary/aromatic N) is 2. The molecule has 0 unspecified atom stereocenters. The zero-order chi connectivity index (χ0) is 21.5. The van der Waals surface area contributed by atoms with Gasteiger partial charge in [-0.05, 0) is 49.7 Å². The standard InChI is InChI=1S/C25H29N3O2/c1-19(2)27(3)18-22-13-8-7-12-21(22)16-26-24(29)23-14-9-15-28(25(23)30)17-20-10-5-4-6-11-20/h4-15,19H,16-18H2,1-3H3,(H,26,29). The molecule has 0 saturated carbocycles. The Bertz CT molecular complexity index is 1040. The van der Waals surface area contributed by atoms with E-state index in [0.29, 0.717) is 19.1 Å². The molecule has 3 aromatic rings. The largest absolute Gasteiger partial charge is 0.348 e. The van der Waals surface area contributed by atoms with Gasteiger partial charge in [-0.15, -0.1) is 0 Å². The van der Waals surface area contributed by atoms with Gasteiger partial charge in [-0.25, -0.2) is 0 Å². The fraction of sp³-hybridized carbons (Fsp3) is 0.280. The van der Waals surface area contributed by atoms with Crippen molar-refractivity contribution in [3.8, 4) is 0 Å². The molecule has 0 aliphatic heterocycles. The van der Waals surface area contributed by atoms with Crippen molar-refractivity contribution in [2.75, 3.05) is 7.05 Å². The molecule has 0 atom stereocenters. The van der Waals surface area contributed by atoms with Gasteiger partial charge in [-0.3, -0.25) is 14.5 Å². The normalized spacial score (nSPS) is 11.1. The lowest BCUT2D eigenvalue weighted by Crippen LogP contribution is -2.33. The number of amides is 1. The van der Waals surface area contributed by atoms with Gasteiger partial charge in [0, 0.05) is 25.3 Å². The maximum Gasteiger partial charge on any atom is 0.263 e. The molecule has 0 fully saturated rings. The Morgan fingerprint density at radius 2 is 1.63 bits per heavy atom. The number of aromatic nitrogens is 1. The molecule has 0 bridgehead atoms. The second-order valence-electron chi connectivity index (χ2n) is 7.80. The van der Waals surface area contributed by atoms with E-state index in [1.807, 2.05) is 48.5 Å². The monoisotopic (exact) mass is 403 g/mol. The second-order valence-corrected chi connectivity index (χ2v) is 7.80. The summed E-state index contributed by atoms with van der Waals surface area (Å²) in [6, 6.07) is 21.6. The molecule has 1 aromatic heterocycles. The number of carbonyl (C=O) groups is 1. The molecule has 5 heteroatoms. The summed E-state index contributed by atoms with van der Waals surface area (Å²) in [5.74, 6) is -0.352. The Kier molecular flexibility index (Phi) is 7.20. The van der Waals surface area contributed by atoms with Crippen LogP contribution in [0.3, 0.4) is 0 Å². The molecule has 5 nitrogen and oxygen atoms in total. The molecule has 3 rings (SSSR count). The minimum absolute atomic E-state index is 0.158. The highest BCUT2D eigenvalue weighted by molar-refractivity contribution is 5.93. The molecule has 0 radical (unpaired) electrons. The van der Waals surface area contributed by atoms with Crippen LogP contribution in [0.25, 0.3) is 0 Å². The SMILES string of the molecule is CC(C)N(C)Cc1ccccc1CNC(=O)c1cccn(Cc2ccccc2)c1=O. The lowest BCUT2D eigenvalue weighted by atomic mass is 10.1. The van der Waals surface area contributed by atoms with E-state index in [1.54, 1.807) is 22.9 Å². The van der Waals surface area contributed by atoms with Crippen LogP contribution in [0, 0.1) is 0 Å². The summed E-state index contributed by atoms with van der Waals surface area (Å²) in [4.78, 5) is 27.8. The van der Waals surface area contributed by atoms with Crippen molar-refractivity contribution in [3.05, 3.63) is 106 Å². The molecule has 0 aliphatic carbocycles. The van der Waals surface area contributed by atoms with E-state index in [0.717, 1.165) is 17.7 Å². The highest BCUT2D eigenvalue weighted by atomic mass is 16.2. The van der Waals surface area contributed by atoms with Gasteiger partial charge in [0.1, 0.15) is 5.56 Å². The van der Waals surface area contributed by atoms with E-state index in [2.05, 4.69) is 37.2 Å². The van der Waals surface area contributed by atoms with Crippen molar-refractivity contribution < 1.29 is 4.79 Å². The van der Waals surface area contributed by atoms with Crippen molar-refractivity contribution in [2.45, 2.75) is 39.5 Å². The molecule has 0 saturated heterocycles. The van der Waals surface area contributed by atoms with E-state index < -0.39 is 0 Å². The van der Waals surface area contributed by atoms with E-state index >= 15 is 0 Å². The summed E-state index contributed by atoms with van der Waals surface area (Å²) in [7, 11) is 2.08. The Labute approximate surface area is 178 Å². The van der Waals surface area contributed by atoms with Gasteiger partial charge < -0.3 is 9.88 Å². The van der Waals surface area contributed by atoms with E-state index in [-0.39, 0.29) is 17.0 Å². The molecular weight excluding hydrogens is 374 g/mol. The Balaban J connectivity index is 1.72. The topological polar surface area (TPSA) is 54.3 Å². The first-order chi connectivity index (χ1) is 14.5. The second kappa shape index (κ2) is 10.0. The van der Waals surface area contributed by atoms with Crippen LogP contribution in [0.5, 0.6) is 0 Å². The summed E-state index contributed by atoms with van der Waals surface area (Å²) >= 11 is 0. The van der Waals surface area contributed by atoms with Crippen LogP contribution in [-0.2, 0) is 19.6 Å². The van der Waals surface area contributed by atoms with Gasteiger partial charge in [-0.1, -0.05) is 54.6 Å². The first-order valence-corrected chi connectivity index (χ1v) is 10.2. The number of rotatable bonds is 8.